The summed E-state index contributed by atoms with van der Waals surface area (Å²) in [5.74, 6) is 0.473. The average Bonchev–Trinajstić information content (AvgIpc) is 2.43. The number of hydrogen-bond acceptors (Lipinski definition) is 4. The molecule has 0 amide bonds. The molecule has 0 spiro atoms. The molecule has 3 N–H and O–H groups in total. The minimum atomic E-state index is 0.473. The number of aromatic nitrogens is 1. The van der Waals surface area contributed by atoms with Gasteiger partial charge in [0, 0.05) is 5.56 Å². The van der Waals surface area contributed by atoms with Crippen LogP contribution in [-0.4, -0.2) is 18.0 Å². The molecule has 13 heavy (non-hydrogen) atoms. The molecule has 0 unspecified atom stereocenters. The van der Waals surface area contributed by atoms with Crippen LogP contribution in [0.15, 0.2) is 0 Å². The van der Waals surface area contributed by atoms with Crippen molar-refractivity contribution in [3.05, 3.63) is 11.3 Å². The molecule has 0 aromatic carbocycles. The van der Waals surface area contributed by atoms with E-state index in [9.17, 15) is 0 Å². The van der Waals surface area contributed by atoms with Crippen molar-refractivity contribution in [2.75, 3.05) is 19.3 Å². The van der Waals surface area contributed by atoms with Crippen molar-refractivity contribution in [3.63, 3.8) is 0 Å². The fourth-order valence-electron chi connectivity index (χ4n) is 1.29. The van der Waals surface area contributed by atoms with E-state index < -0.39 is 0 Å². The lowest BCUT2D eigenvalue weighted by Crippen LogP contribution is -2.12. The lowest BCUT2D eigenvalue weighted by atomic mass is 10.0. The van der Waals surface area contributed by atoms with E-state index in [2.05, 4.69) is 23.5 Å². The van der Waals surface area contributed by atoms with Crippen LogP contribution in [-0.2, 0) is 6.42 Å². The fourth-order valence-corrected chi connectivity index (χ4v) is 2.12. The van der Waals surface area contributed by atoms with Gasteiger partial charge in [-0.25, -0.2) is 0 Å². The van der Waals surface area contributed by atoms with Gasteiger partial charge in [-0.3, -0.25) is 0 Å². The van der Waals surface area contributed by atoms with E-state index in [1.165, 1.54) is 17.1 Å². The molecule has 4 heteroatoms. The second-order valence-corrected chi connectivity index (χ2v) is 4.22. The standard InChI is InChI=1S/C9H17N3S/c1-6(2)8-7(4-5-11-3)9(10)13-12-8/h6,11H,4-5,10H2,1-3H3. The first-order valence-corrected chi connectivity index (χ1v) is 5.32. The predicted octanol–water partition coefficient (Wildman–Crippen LogP) is 1.61. The molecule has 0 saturated heterocycles. The summed E-state index contributed by atoms with van der Waals surface area (Å²) in [5.41, 5.74) is 8.24. The zero-order valence-electron chi connectivity index (χ0n) is 8.42. The van der Waals surface area contributed by atoms with Crippen molar-refractivity contribution < 1.29 is 0 Å². The van der Waals surface area contributed by atoms with E-state index in [1.807, 2.05) is 7.05 Å². The van der Waals surface area contributed by atoms with Crippen LogP contribution < -0.4 is 11.1 Å². The van der Waals surface area contributed by atoms with Crippen molar-refractivity contribution in [1.29, 1.82) is 0 Å². The number of rotatable bonds is 4. The van der Waals surface area contributed by atoms with E-state index in [0.717, 1.165) is 23.7 Å². The van der Waals surface area contributed by atoms with Crippen molar-refractivity contribution in [3.8, 4) is 0 Å². The number of nitrogens with one attached hydrogen (secondary N) is 1. The van der Waals surface area contributed by atoms with Gasteiger partial charge in [0.15, 0.2) is 0 Å². The molecule has 0 aliphatic heterocycles. The van der Waals surface area contributed by atoms with Crippen molar-refractivity contribution in [2.24, 2.45) is 0 Å². The maximum Gasteiger partial charge on any atom is 0.110 e. The molecule has 1 heterocycles. The van der Waals surface area contributed by atoms with Crippen LogP contribution in [0.2, 0.25) is 0 Å². The molecule has 0 fully saturated rings. The highest BCUT2D eigenvalue weighted by atomic mass is 32.1. The second-order valence-electron chi connectivity index (χ2n) is 3.42. The number of hydrogen-bond donors (Lipinski definition) is 2. The molecule has 0 aliphatic rings. The van der Waals surface area contributed by atoms with Crippen molar-refractivity contribution in [2.45, 2.75) is 26.2 Å². The van der Waals surface area contributed by atoms with E-state index in [0.29, 0.717) is 5.92 Å². The molecule has 0 atom stereocenters. The van der Waals surface area contributed by atoms with Gasteiger partial charge < -0.3 is 11.1 Å². The van der Waals surface area contributed by atoms with Gasteiger partial charge in [-0.1, -0.05) is 13.8 Å². The fraction of sp³-hybridized carbons (Fsp3) is 0.667. The molecule has 0 bridgehead atoms. The summed E-state index contributed by atoms with van der Waals surface area (Å²) >= 11 is 1.41. The predicted molar refractivity (Wildman–Crippen MR) is 58.2 cm³/mol. The van der Waals surface area contributed by atoms with E-state index in [1.54, 1.807) is 0 Å². The first kappa shape index (κ1) is 10.5. The van der Waals surface area contributed by atoms with Gasteiger partial charge >= 0.3 is 0 Å². The van der Waals surface area contributed by atoms with Gasteiger partial charge in [0.1, 0.15) is 5.00 Å². The van der Waals surface area contributed by atoms with Crippen molar-refractivity contribution >= 4 is 16.5 Å². The summed E-state index contributed by atoms with van der Waals surface area (Å²) in [6.07, 6.45) is 0.979. The van der Waals surface area contributed by atoms with Crippen molar-refractivity contribution in [1.82, 2.24) is 9.69 Å². The van der Waals surface area contributed by atoms with Crippen LogP contribution in [0.3, 0.4) is 0 Å². The third-order valence-electron chi connectivity index (χ3n) is 2.02. The molecule has 74 valence electrons. The normalized spacial score (nSPS) is 11.1. The third kappa shape index (κ3) is 2.42. The van der Waals surface area contributed by atoms with E-state index in [4.69, 9.17) is 5.73 Å². The Bertz CT molecular complexity index is 268. The van der Waals surface area contributed by atoms with Crippen LogP contribution in [0.4, 0.5) is 5.00 Å². The van der Waals surface area contributed by atoms with Gasteiger partial charge in [-0.15, -0.1) is 0 Å². The van der Waals surface area contributed by atoms with Crippen LogP contribution >= 0.6 is 11.5 Å². The smallest absolute Gasteiger partial charge is 0.110 e. The molecule has 0 radical (unpaired) electrons. The van der Waals surface area contributed by atoms with Crippen LogP contribution in [0.25, 0.3) is 0 Å². The zero-order valence-corrected chi connectivity index (χ0v) is 9.24. The summed E-state index contributed by atoms with van der Waals surface area (Å²) in [6, 6.07) is 0. The Labute approximate surface area is 83.5 Å². The Morgan fingerprint density at radius 1 is 1.54 bits per heavy atom. The molecule has 1 aromatic rings. The summed E-state index contributed by atoms with van der Waals surface area (Å²) in [6.45, 7) is 5.26. The largest absolute Gasteiger partial charge is 0.389 e. The first-order valence-electron chi connectivity index (χ1n) is 4.55. The molecular formula is C9H17N3S. The molecule has 0 aliphatic carbocycles. The molecule has 0 saturated carbocycles. The summed E-state index contributed by atoms with van der Waals surface area (Å²) < 4.78 is 4.36. The molecule has 1 aromatic heterocycles. The Hall–Kier alpha value is -0.610. The van der Waals surface area contributed by atoms with Gasteiger partial charge in [-0.2, -0.15) is 4.37 Å². The molecular weight excluding hydrogens is 182 g/mol. The van der Waals surface area contributed by atoms with Gasteiger partial charge in [0.25, 0.3) is 0 Å². The molecule has 3 nitrogen and oxygen atoms in total. The number of nitrogens with zero attached hydrogens (tertiary/aromatic N) is 1. The van der Waals surface area contributed by atoms with Gasteiger partial charge in [-0.05, 0) is 37.5 Å². The highest BCUT2D eigenvalue weighted by Gasteiger charge is 2.13. The molecule has 1 rings (SSSR count). The number of nitrogen functional groups attached to an aromatic ring is 1. The second kappa shape index (κ2) is 4.58. The maximum absolute atomic E-state index is 5.85. The Morgan fingerprint density at radius 3 is 2.77 bits per heavy atom. The highest BCUT2D eigenvalue weighted by Crippen LogP contribution is 2.27. The summed E-state index contributed by atoms with van der Waals surface area (Å²) in [4.78, 5) is 0. The Morgan fingerprint density at radius 2 is 2.23 bits per heavy atom. The number of anilines is 1. The Kier molecular flexibility index (Phi) is 3.69. The minimum absolute atomic E-state index is 0.473. The van der Waals surface area contributed by atoms with Crippen LogP contribution in [0.1, 0.15) is 31.0 Å². The van der Waals surface area contributed by atoms with Gasteiger partial charge in [0.2, 0.25) is 0 Å². The lowest BCUT2D eigenvalue weighted by molar-refractivity contribution is 0.763. The monoisotopic (exact) mass is 199 g/mol. The number of nitrogens with two attached hydrogens (primary N) is 1. The SMILES string of the molecule is CNCCc1c(C(C)C)nsc1N. The van der Waals surface area contributed by atoms with E-state index in [-0.39, 0.29) is 0 Å². The maximum atomic E-state index is 5.85. The summed E-state index contributed by atoms with van der Waals surface area (Å²) in [7, 11) is 1.95. The van der Waals surface area contributed by atoms with Crippen LogP contribution in [0, 0.1) is 0 Å². The van der Waals surface area contributed by atoms with Crippen LogP contribution in [0.5, 0.6) is 0 Å². The zero-order chi connectivity index (χ0) is 9.84. The lowest BCUT2D eigenvalue weighted by Gasteiger charge is -2.05. The Balaban J connectivity index is 2.82. The minimum Gasteiger partial charge on any atom is -0.389 e. The van der Waals surface area contributed by atoms with Gasteiger partial charge in [0.05, 0.1) is 5.69 Å². The highest BCUT2D eigenvalue weighted by molar-refractivity contribution is 7.10. The van der Waals surface area contributed by atoms with E-state index >= 15 is 0 Å². The average molecular weight is 199 g/mol. The number of likely N-dealkylation sites (N-methyl/N-ethyl adjacent to an activating group) is 1. The topological polar surface area (TPSA) is 50.9 Å². The first-order chi connectivity index (χ1) is 6.16. The quantitative estimate of drug-likeness (QED) is 0.774. The third-order valence-corrected chi connectivity index (χ3v) is 2.75. The summed E-state index contributed by atoms with van der Waals surface area (Å²) in [5, 5.41) is 3.99.